The number of aromatic nitrogens is 1. The fourth-order valence-electron chi connectivity index (χ4n) is 2.94. The van der Waals surface area contributed by atoms with Gasteiger partial charge in [0.1, 0.15) is 0 Å². The first kappa shape index (κ1) is 19.6. The van der Waals surface area contributed by atoms with Crippen LogP contribution in [0.2, 0.25) is 5.02 Å². The molecule has 146 valence electrons. The second-order valence-electron chi connectivity index (χ2n) is 6.15. The summed E-state index contributed by atoms with van der Waals surface area (Å²) in [7, 11) is 1.26. The number of halogens is 1. The van der Waals surface area contributed by atoms with E-state index in [4.69, 9.17) is 25.7 Å². The van der Waals surface area contributed by atoms with E-state index in [0.29, 0.717) is 38.4 Å². The number of carbonyl (C=O) groups is 1. The molecule has 0 amide bonds. The van der Waals surface area contributed by atoms with Crippen molar-refractivity contribution in [3.63, 3.8) is 0 Å². The van der Waals surface area contributed by atoms with Crippen molar-refractivity contribution < 1.29 is 23.8 Å². The third kappa shape index (κ3) is 4.78. The Labute approximate surface area is 161 Å². The van der Waals surface area contributed by atoms with Gasteiger partial charge in [-0.2, -0.15) is 9.63 Å². The number of nitrogens with zero attached hydrogens (tertiary/aromatic N) is 2. The highest BCUT2D eigenvalue weighted by Gasteiger charge is 2.28. The van der Waals surface area contributed by atoms with Crippen LogP contribution in [0.5, 0.6) is 0 Å². The predicted octanol–water partition coefficient (Wildman–Crippen LogP) is 1.81. The van der Waals surface area contributed by atoms with Crippen molar-refractivity contribution in [3.8, 4) is 11.3 Å². The second-order valence-corrected chi connectivity index (χ2v) is 6.52. The molecule has 9 heteroatoms. The summed E-state index contributed by atoms with van der Waals surface area (Å²) < 4.78 is 12.1. The van der Waals surface area contributed by atoms with Gasteiger partial charge in [0, 0.05) is 25.2 Å². The standard InChI is InChI=1S/C18H21ClN2O6/c1-24-27-18(23)14(11-20-7-9-25-10-8-20)12-21-17(22)15(19)16(26-21)13-5-3-2-4-6-13/h2-6,14H,7-12H2,1H3. The lowest BCUT2D eigenvalue weighted by Crippen LogP contribution is -2.43. The summed E-state index contributed by atoms with van der Waals surface area (Å²) in [6.45, 7) is 2.95. The molecule has 1 aromatic carbocycles. The van der Waals surface area contributed by atoms with Crippen LogP contribution in [0.25, 0.3) is 11.3 Å². The van der Waals surface area contributed by atoms with Crippen molar-refractivity contribution in [3.05, 3.63) is 45.7 Å². The lowest BCUT2D eigenvalue weighted by atomic mass is 10.1. The van der Waals surface area contributed by atoms with Crippen LogP contribution in [-0.2, 0) is 25.9 Å². The van der Waals surface area contributed by atoms with Gasteiger partial charge in [-0.05, 0) is 0 Å². The van der Waals surface area contributed by atoms with Crippen LogP contribution >= 0.6 is 11.6 Å². The maximum absolute atomic E-state index is 12.5. The molecule has 1 atom stereocenters. The molecule has 0 N–H and O–H groups in total. The predicted molar refractivity (Wildman–Crippen MR) is 97.3 cm³/mol. The number of hydrogen-bond acceptors (Lipinski definition) is 7. The van der Waals surface area contributed by atoms with Crippen LogP contribution in [0.3, 0.4) is 0 Å². The molecule has 27 heavy (non-hydrogen) atoms. The summed E-state index contributed by atoms with van der Waals surface area (Å²) in [4.78, 5) is 36.1. The van der Waals surface area contributed by atoms with E-state index >= 15 is 0 Å². The van der Waals surface area contributed by atoms with Gasteiger partial charge in [-0.3, -0.25) is 14.6 Å². The van der Waals surface area contributed by atoms with E-state index in [1.807, 2.05) is 18.2 Å². The van der Waals surface area contributed by atoms with Gasteiger partial charge in [-0.25, -0.2) is 4.79 Å². The normalized spacial score (nSPS) is 16.2. The number of carbonyl (C=O) groups excluding carboxylic acids is 1. The van der Waals surface area contributed by atoms with Crippen LogP contribution in [0.4, 0.5) is 0 Å². The molecular formula is C18H21ClN2O6. The summed E-state index contributed by atoms with van der Waals surface area (Å²) in [6, 6.07) is 9.07. The average molecular weight is 397 g/mol. The molecule has 1 fully saturated rings. The molecule has 0 spiro atoms. The molecule has 0 bridgehead atoms. The molecule has 1 aliphatic rings. The number of hydrogen-bond donors (Lipinski definition) is 0. The summed E-state index contributed by atoms with van der Waals surface area (Å²) >= 11 is 6.17. The average Bonchev–Trinajstić information content (AvgIpc) is 2.97. The summed E-state index contributed by atoms with van der Waals surface area (Å²) in [5.74, 6) is -0.969. The summed E-state index contributed by atoms with van der Waals surface area (Å²) in [5.41, 5.74) is 0.190. The molecular weight excluding hydrogens is 376 g/mol. The van der Waals surface area contributed by atoms with Gasteiger partial charge in [0.05, 0.1) is 32.8 Å². The molecule has 2 aromatic rings. The molecule has 0 aliphatic carbocycles. The van der Waals surface area contributed by atoms with Crippen LogP contribution in [0.1, 0.15) is 0 Å². The molecule has 1 aliphatic heterocycles. The minimum Gasteiger partial charge on any atom is -0.379 e. The Morgan fingerprint density at radius 1 is 1.22 bits per heavy atom. The fourth-order valence-corrected chi connectivity index (χ4v) is 3.18. The molecule has 1 aromatic heterocycles. The molecule has 3 rings (SSSR count). The Morgan fingerprint density at radius 3 is 2.59 bits per heavy atom. The van der Waals surface area contributed by atoms with Crippen molar-refractivity contribution in [2.24, 2.45) is 5.92 Å². The topological polar surface area (TPSA) is 83.1 Å². The Hall–Kier alpha value is -2.13. The van der Waals surface area contributed by atoms with E-state index < -0.39 is 17.4 Å². The zero-order chi connectivity index (χ0) is 19.2. The van der Waals surface area contributed by atoms with Crippen LogP contribution in [-0.4, -0.2) is 55.6 Å². The Kier molecular flexibility index (Phi) is 6.68. The highest BCUT2D eigenvalue weighted by Crippen LogP contribution is 2.26. The van der Waals surface area contributed by atoms with E-state index in [2.05, 4.69) is 9.79 Å². The van der Waals surface area contributed by atoms with Gasteiger partial charge >= 0.3 is 11.5 Å². The zero-order valence-corrected chi connectivity index (χ0v) is 15.7. The second kappa shape index (κ2) is 9.18. The molecule has 1 saturated heterocycles. The molecule has 2 heterocycles. The first-order valence-corrected chi connectivity index (χ1v) is 8.97. The number of rotatable bonds is 7. The van der Waals surface area contributed by atoms with Crippen LogP contribution in [0, 0.1) is 5.92 Å². The van der Waals surface area contributed by atoms with Gasteiger partial charge in [0.2, 0.25) is 0 Å². The smallest absolute Gasteiger partial charge is 0.348 e. The van der Waals surface area contributed by atoms with E-state index in [9.17, 15) is 9.59 Å². The van der Waals surface area contributed by atoms with Crippen molar-refractivity contribution in [2.45, 2.75) is 6.54 Å². The SMILES string of the molecule is COOC(=O)C(CN1CCOCC1)Cn1oc(-c2ccccc2)c(Cl)c1=O. The number of morpholine rings is 1. The molecule has 0 radical (unpaired) electrons. The van der Waals surface area contributed by atoms with E-state index in [0.717, 1.165) is 4.74 Å². The maximum atomic E-state index is 12.5. The Morgan fingerprint density at radius 2 is 1.93 bits per heavy atom. The number of benzene rings is 1. The van der Waals surface area contributed by atoms with Crippen LogP contribution in [0.15, 0.2) is 39.6 Å². The van der Waals surface area contributed by atoms with Crippen molar-refractivity contribution in [1.82, 2.24) is 9.64 Å². The van der Waals surface area contributed by atoms with E-state index in [-0.39, 0.29) is 17.3 Å². The fraction of sp³-hybridized carbons (Fsp3) is 0.444. The van der Waals surface area contributed by atoms with Gasteiger partial charge in [0.25, 0.3) is 0 Å². The van der Waals surface area contributed by atoms with Crippen molar-refractivity contribution >= 4 is 17.6 Å². The largest absolute Gasteiger partial charge is 0.379 e. The van der Waals surface area contributed by atoms with E-state index in [1.54, 1.807) is 12.1 Å². The molecule has 0 saturated carbocycles. The zero-order valence-electron chi connectivity index (χ0n) is 14.9. The van der Waals surface area contributed by atoms with Crippen LogP contribution < -0.4 is 5.56 Å². The monoisotopic (exact) mass is 396 g/mol. The number of ether oxygens (including phenoxy) is 1. The summed E-state index contributed by atoms with van der Waals surface area (Å²) in [6.07, 6.45) is 0. The van der Waals surface area contributed by atoms with E-state index in [1.165, 1.54) is 7.11 Å². The quantitative estimate of drug-likeness (QED) is 0.521. The molecule has 1 unspecified atom stereocenters. The van der Waals surface area contributed by atoms with Gasteiger partial charge in [0.15, 0.2) is 10.8 Å². The summed E-state index contributed by atoms with van der Waals surface area (Å²) in [5, 5.41) is -0.0218. The highest BCUT2D eigenvalue weighted by atomic mass is 35.5. The first-order chi connectivity index (χ1) is 13.1. The maximum Gasteiger partial charge on any atom is 0.348 e. The minimum atomic E-state index is -0.661. The Bertz CT molecular complexity index is 813. The first-order valence-electron chi connectivity index (χ1n) is 8.59. The molecule has 8 nitrogen and oxygen atoms in total. The Balaban J connectivity index is 1.82. The lowest BCUT2D eigenvalue weighted by molar-refractivity contribution is -0.260. The van der Waals surface area contributed by atoms with Gasteiger partial charge in [-0.1, -0.05) is 41.9 Å². The highest BCUT2D eigenvalue weighted by molar-refractivity contribution is 6.32. The third-order valence-electron chi connectivity index (χ3n) is 4.32. The lowest BCUT2D eigenvalue weighted by Gasteiger charge is -2.29. The van der Waals surface area contributed by atoms with Gasteiger partial charge < -0.3 is 9.26 Å². The van der Waals surface area contributed by atoms with Gasteiger partial charge in [-0.15, -0.1) is 0 Å². The minimum absolute atomic E-state index is 0.00899. The van der Waals surface area contributed by atoms with Crippen molar-refractivity contribution in [2.75, 3.05) is 40.0 Å². The van der Waals surface area contributed by atoms with Crippen molar-refractivity contribution in [1.29, 1.82) is 0 Å². The third-order valence-corrected chi connectivity index (χ3v) is 4.65.